The third-order valence-electron chi connectivity index (χ3n) is 4.48. The van der Waals surface area contributed by atoms with Crippen LogP contribution in [0, 0.1) is 0 Å². The zero-order valence-electron chi connectivity index (χ0n) is 15.2. The highest BCUT2D eigenvalue weighted by molar-refractivity contribution is 5.72. The molecule has 1 aliphatic heterocycles. The minimum atomic E-state index is -1.58. The first-order valence-corrected chi connectivity index (χ1v) is 8.80. The Kier molecular flexibility index (Phi) is 6.26. The summed E-state index contributed by atoms with van der Waals surface area (Å²) in [6, 6.07) is 8.52. The second kappa shape index (κ2) is 8.68. The summed E-state index contributed by atoms with van der Waals surface area (Å²) < 4.78 is 10.8. The molecule has 1 fully saturated rings. The van der Waals surface area contributed by atoms with Crippen molar-refractivity contribution in [1.29, 1.82) is 0 Å². The van der Waals surface area contributed by atoms with Gasteiger partial charge in [-0.05, 0) is 35.4 Å². The van der Waals surface area contributed by atoms with E-state index in [9.17, 15) is 35.7 Å². The number of phenols is 3. The molecule has 0 aliphatic carbocycles. The van der Waals surface area contributed by atoms with Crippen LogP contribution in [0.5, 0.6) is 23.0 Å². The summed E-state index contributed by atoms with van der Waals surface area (Å²) in [6.45, 7) is -0.585. The van der Waals surface area contributed by atoms with Gasteiger partial charge in [0.2, 0.25) is 6.29 Å². The van der Waals surface area contributed by atoms with Crippen LogP contribution in [0.4, 0.5) is 0 Å². The molecule has 1 heterocycles. The molecule has 0 amide bonds. The molecule has 9 heteroatoms. The van der Waals surface area contributed by atoms with Crippen LogP contribution in [0.25, 0.3) is 12.2 Å². The summed E-state index contributed by atoms with van der Waals surface area (Å²) >= 11 is 0. The largest absolute Gasteiger partial charge is 0.508 e. The van der Waals surface area contributed by atoms with E-state index in [0.29, 0.717) is 11.1 Å². The predicted octanol–water partition coefficient (Wildman–Crippen LogP) is 0.152. The van der Waals surface area contributed by atoms with Crippen molar-refractivity contribution in [2.45, 2.75) is 30.7 Å². The van der Waals surface area contributed by atoms with E-state index in [0.717, 1.165) is 0 Å². The molecule has 0 bridgehead atoms. The third kappa shape index (κ3) is 4.78. The minimum absolute atomic E-state index is 0.113. The van der Waals surface area contributed by atoms with Gasteiger partial charge < -0.3 is 45.2 Å². The fraction of sp³-hybridized carbons (Fsp3) is 0.300. The van der Waals surface area contributed by atoms with Gasteiger partial charge in [0.15, 0.2) is 11.5 Å². The summed E-state index contributed by atoms with van der Waals surface area (Å²) in [6.07, 6.45) is -3.90. The molecule has 2 aromatic rings. The molecular formula is C20H22O9. The lowest BCUT2D eigenvalue weighted by Crippen LogP contribution is -2.60. The molecule has 2 aromatic carbocycles. The summed E-state index contributed by atoms with van der Waals surface area (Å²) in [4.78, 5) is 0. The van der Waals surface area contributed by atoms with Crippen LogP contribution in [-0.2, 0) is 4.74 Å². The van der Waals surface area contributed by atoms with Crippen molar-refractivity contribution in [2.75, 3.05) is 6.61 Å². The first kappa shape index (κ1) is 20.9. The van der Waals surface area contributed by atoms with E-state index < -0.39 is 37.3 Å². The van der Waals surface area contributed by atoms with E-state index in [4.69, 9.17) is 9.47 Å². The van der Waals surface area contributed by atoms with Gasteiger partial charge in [0, 0.05) is 6.07 Å². The van der Waals surface area contributed by atoms with Gasteiger partial charge in [-0.25, -0.2) is 0 Å². The predicted molar refractivity (Wildman–Crippen MR) is 101 cm³/mol. The van der Waals surface area contributed by atoms with Crippen LogP contribution in [0.2, 0.25) is 0 Å². The number of benzene rings is 2. The van der Waals surface area contributed by atoms with E-state index >= 15 is 0 Å². The number of aliphatic hydroxyl groups excluding tert-OH is 4. The van der Waals surface area contributed by atoms with Crippen molar-refractivity contribution in [1.82, 2.24) is 0 Å². The summed E-state index contributed by atoms with van der Waals surface area (Å²) in [5, 5.41) is 67.8. The molecule has 1 saturated heterocycles. The monoisotopic (exact) mass is 406 g/mol. The maximum absolute atomic E-state index is 10.1. The van der Waals surface area contributed by atoms with Gasteiger partial charge in [0.1, 0.15) is 35.9 Å². The Morgan fingerprint density at radius 1 is 0.828 bits per heavy atom. The van der Waals surface area contributed by atoms with Gasteiger partial charge in [-0.2, -0.15) is 0 Å². The lowest BCUT2D eigenvalue weighted by Gasteiger charge is -2.39. The third-order valence-corrected chi connectivity index (χ3v) is 4.48. The number of phenolic OH excluding ortho intramolecular Hbond substituents is 3. The molecule has 0 radical (unpaired) electrons. The molecule has 0 saturated carbocycles. The molecule has 0 spiro atoms. The van der Waals surface area contributed by atoms with Crippen LogP contribution in [0.1, 0.15) is 11.1 Å². The fourth-order valence-electron chi connectivity index (χ4n) is 2.91. The average molecular weight is 406 g/mol. The van der Waals surface area contributed by atoms with Gasteiger partial charge in [-0.3, -0.25) is 0 Å². The number of ether oxygens (including phenoxy) is 2. The number of hydrogen-bond donors (Lipinski definition) is 7. The lowest BCUT2D eigenvalue weighted by molar-refractivity contribution is -0.277. The molecule has 7 N–H and O–H groups in total. The highest BCUT2D eigenvalue weighted by atomic mass is 16.7. The zero-order chi connectivity index (χ0) is 21.1. The fourth-order valence-corrected chi connectivity index (χ4v) is 2.91. The van der Waals surface area contributed by atoms with Crippen LogP contribution in [0.3, 0.4) is 0 Å². The molecule has 3 rings (SSSR count). The standard InChI is InChI=1S/C20H22O9/c21-9-16-17(25)18(26)19(27)20(29-16)28-13-6-11(5-12(22)8-13)2-1-10-3-4-14(23)15(24)7-10/h1-8,16-27H,9H2/b2-1-/t16-,17-,18+,19-,20-/m1/s1. The summed E-state index contributed by atoms with van der Waals surface area (Å²) in [5.41, 5.74) is 1.11. The van der Waals surface area contributed by atoms with Crippen molar-refractivity contribution >= 4 is 12.2 Å². The molecule has 29 heavy (non-hydrogen) atoms. The number of aromatic hydroxyl groups is 3. The molecule has 156 valence electrons. The Hall–Kier alpha value is -2.82. The molecule has 0 unspecified atom stereocenters. The van der Waals surface area contributed by atoms with Crippen molar-refractivity contribution in [3.8, 4) is 23.0 Å². The highest BCUT2D eigenvalue weighted by Gasteiger charge is 2.44. The Morgan fingerprint density at radius 3 is 2.24 bits per heavy atom. The maximum atomic E-state index is 10.1. The van der Waals surface area contributed by atoms with Gasteiger partial charge in [0.05, 0.1) is 6.61 Å². The first-order valence-electron chi connectivity index (χ1n) is 8.80. The van der Waals surface area contributed by atoms with E-state index in [2.05, 4.69) is 0 Å². The summed E-state index contributed by atoms with van der Waals surface area (Å²) in [5.74, 6) is -0.535. The Morgan fingerprint density at radius 2 is 1.55 bits per heavy atom. The molecule has 9 nitrogen and oxygen atoms in total. The number of aliphatic hydroxyl groups is 4. The molecule has 0 aromatic heterocycles. The van der Waals surface area contributed by atoms with Gasteiger partial charge in [-0.1, -0.05) is 18.2 Å². The lowest BCUT2D eigenvalue weighted by atomic mass is 9.99. The van der Waals surface area contributed by atoms with Crippen LogP contribution >= 0.6 is 0 Å². The number of hydrogen-bond acceptors (Lipinski definition) is 9. The second-order valence-corrected chi connectivity index (χ2v) is 6.66. The highest BCUT2D eigenvalue weighted by Crippen LogP contribution is 2.29. The van der Waals surface area contributed by atoms with Crippen LogP contribution < -0.4 is 4.74 Å². The van der Waals surface area contributed by atoms with E-state index in [1.807, 2.05) is 0 Å². The molecule has 5 atom stereocenters. The van der Waals surface area contributed by atoms with E-state index in [1.165, 1.54) is 30.3 Å². The van der Waals surface area contributed by atoms with Gasteiger partial charge in [-0.15, -0.1) is 0 Å². The zero-order valence-corrected chi connectivity index (χ0v) is 15.2. The smallest absolute Gasteiger partial charge is 0.229 e. The van der Waals surface area contributed by atoms with Crippen molar-refractivity contribution < 1.29 is 45.2 Å². The SMILES string of the molecule is OC[C@H]1O[C@@H](Oc2cc(O)cc(/C=C\c3ccc(O)c(O)c3)c2)[C@H](O)[C@@H](O)[C@@H]1O. The van der Waals surface area contributed by atoms with Crippen LogP contribution in [-0.4, -0.2) is 73.1 Å². The maximum Gasteiger partial charge on any atom is 0.229 e. The van der Waals surface area contributed by atoms with E-state index in [-0.39, 0.29) is 23.0 Å². The topological polar surface area (TPSA) is 160 Å². The van der Waals surface area contributed by atoms with Crippen molar-refractivity contribution in [3.05, 3.63) is 47.5 Å². The Bertz CT molecular complexity index is 880. The Labute approximate surface area is 165 Å². The van der Waals surface area contributed by atoms with Crippen molar-refractivity contribution in [2.24, 2.45) is 0 Å². The van der Waals surface area contributed by atoms with Gasteiger partial charge in [0.25, 0.3) is 0 Å². The minimum Gasteiger partial charge on any atom is -0.508 e. The van der Waals surface area contributed by atoms with Crippen LogP contribution in [0.15, 0.2) is 36.4 Å². The first-order chi connectivity index (χ1) is 13.8. The molecular weight excluding hydrogens is 384 g/mol. The van der Waals surface area contributed by atoms with Gasteiger partial charge >= 0.3 is 0 Å². The normalized spacial score (nSPS) is 27.2. The van der Waals surface area contributed by atoms with E-state index in [1.54, 1.807) is 18.2 Å². The Balaban J connectivity index is 1.78. The number of rotatable bonds is 5. The second-order valence-electron chi connectivity index (χ2n) is 6.66. The van der Waals surface area contributed by atoms with Crippen molar-refractivity contribution in [3.63, 3.8) is 0 Å². The quantitative estimate of drug-likeness (QED) is 0.271. The molecule has 1 aliphatic rings. The average Bonchev–Trinajstić information content (AvgIpc) is 2.69. The summed E-state index contributed by atoms with van der Waals surface area (Å²) in [7, 11) is 0.